The Morgan fingerprint density at radius 3 is 2.40 bits per heavy atom. The minimum absolute atomic E-state index is 0.0470. The van der Waals surface area contributed by atoms with E-state index in [1.807, 2.05) is 0 Å². The lowest BCUT2D eigenvalue weighted by Gasteiger charge is -2.41. The van der Waals surface area contributed by atoms with Gasteiger partial charge in [0.15, 0.2) is 20.4 Å². The van der Waals surface area contributed by atoms with Crippen molar-refractivity contribution < 1.29 is 18.7 Å². The molecule has 3 aliphatic heterocycles. The molecule has 2 bridgehead atoms. The fourth-order valence-corrected chi connectivity index (χ4v) is 4.85. The molecule has 140 valence electrons. The highest BCUT2D eigenvalue weighted by Gasteiger charge is 2.50. The standard InChI is InChI=1S/C20H32O4Si/c1-13-15-9-7-8-10-16(22-15)18(13)19-14(21)11-12-17(23-19)24-25(5,6)20(2,3)4/h7-8,11-13,15-19H,9-10H2,1-6H3/t13-,15-,16+,17-,18-,19+/m1/s1. The van der Waals surface area contributed by atoms with Gasteiger partial charge in [0, 0.05) is 5.92 Å². The van der Waals surface area contributed by atoms with Gasteiger partial charge in [-0.2, -0.15) is 0 Å². The number of ketones is 1. The van der Waals surface area contributed by atoms with Crippen molar-refractivity contribution in [1.82, 2.24) is 0 Å². The predicted molar refractivity (Wildman–Crippen MR) is 101 cm³/mol. The number of carbonyl (C=O) groups is 1. The summed E-state index contributed by atoms with van der Waals surface area (Å²) in [6, 6.07) is 0. The van der Waals surface area contributed by atoms with Crippen LogP contribution >= 0.6 is 0 Å². The maximum atomic E-state index is 12.6. The molecule has 1 saturated heterocycles. The third-order valence-electron chi connectivity index (χ3n) is 6.42. The van der Waals surface area contributed by atoms with Crippen LogP contribution in [0.5, 0.6) is 0 Å². The number of fused-ring (bicyclic) bond motifs is 2. The molecule has 3 rings (SSSR count). The van der Waals surface area contributed by atoms with E-state index in [1.165, 1.54) is 0 Å². The van der Waals surface area contributed by atoms with E-state index in [-0.39, 0.29) is 28.9 Å². The van der Waals surface area contributed by atoms with Crippen molar-refractivity contribution in [2.45, 2.75) is 83.3 Å². The summed E-state index contributed by atoms with van der Waals surface area (Å²) in [6.07, 6.45) is 8.95. The largest absolute Gasteiger partial charge is 0.389 e. The summed E-state index contributed by atoms with van der Waals surface area (Å²) < 4.78 is 18.8. The van der Waals surface area contributed by atoms with Gasteiger partial charge in [-0.25, -0.2) is 0 Å². The van der Waals surface area contributed by atoms with Crippen LogP contribution in [-0.4, -0.2) is 38.7 Å². The normalized spacial score (nSPS) is 38.9. The molecular weight excluding hydrogens is 332 g/mol. The maximum absolute atomic E-state index is 12.6. The molecule has 3 heterocycles. The predicted octanol–water partition coefficient (Wildman–Crippen LogP) is 4.23. The van der Waals surface area contributed by atoms with Crippen LogP contribution in [0.2, 0.25) is 18.1 Å². The van der Waals surface area contributed by atoms with Crippen LogP contribution in [0.4, 0.5) is 0 Å². The van der Waals surface area contributed by atoms with Gasteiger partial charge in [0.25, 0.3) is 0 Å². The Labute approximate surface area is 152 Å². The minimum Gasteiger partial charge on any atom is -0.389 e. The molecule has 0 saturated carbocycles. The van der Waals surface area contributed by atoms with Crippen LogP contribution in [0.25, 0.3) is 0 Å². The van der Waals surface area contributed by atoms with Gasteiger partial charge in [0.1, 0.15) is 6.10 Å². The van der Waals surface area contributed by atoms with E-state index in [0.717, 1.165) is 12.8 Å². The van der Waals surface area contributed by atoms with E-state index in [9.17, 15) is 4.79 Å². The lowest BCUT2D eigenvalue weighted by atomic mass is 9.79. The van der Waals surface area contributed by atoms with Gasteiger partial charge < -0.3 is 13.9 Å². The molecule has 0 aromatic carbocycles. The van der Waals surface area contributed by atoms with Crippen molar-refractivity contribution in [1.29, 1.82) is 0 Å². The molecule has 0 N–H and O–H groups in total. The van der Waals surface area contributed by atoms with Gasteiger partial charge in [-0.3, -0.25) is 4.79 Å². The summed E-state index contributed by atoms with van der Waals surface area (Å²) in [5, 5.41) is 0.101. The van der Waals surface area contributed by atoms with Crippen LogP contribution in [-0.2, 0) is 18.7 Å². The van der Waals surface area contributed by atoms with Crippen LogP contribution in [0, 0.1) is 11.8 Å². The second-order valence-electron chi connectivity index (χ2n) is 9.16. The molecule has 4 nitrogen and oxygen atoms in total. The van der Waals surface area contributed by atoms with E-state index in [2.05, 4.69) is 52.9 Å². The van der Waals surface area contributed by atoms with Crippen molar-refractivity contribution in [3.8, 4) is 0 Å². The first kappa shape index (κ1) is 19.0. The van der Waals surface area contributed by atoms with Gasteiger partial charge >= 0.3 is 0 Å². The van der Waals surface area contributed by atoms with Crippen molar-refractivity contribution in [2.75, 3.05) is 0 Å². The Morgan fingerprint density at radius 1 is 1.12 bits per heavy atom. The molecule has 0 aromatic rings. The zero-order valence-electron chi connectivity index (χ0n) is 16.3. The second-order valence-corrected chi connectivity index (χ2v) is 13.9. The summed E-state index contributed by atoms with van der Waals surface area (Å²) in [6.45, 7) is 13.2. The summed E-state index contributed by atoms with van der Waals surface area (Å²) in [7, 11) is -1.96. The van der Waals surface area contributed by atoms with Crippen molar-refractivity contribution in [3.63, 3.8) is 0 Å². The molecule has 0 spiro atoms. The Hall–Kier alpha value is -0.753. The third kappa shape index (κ3) is 3.70. The molecular formula is C20H32O4Si. The van der Waals surface area contributed by atoms with Crippen LogP contribution < -0.4 is 0 Å². The van der Waals surface area contributed by atoms with Crippen LogP contribution in [0.3, 0.4) is 0 Å². The maximum Gasteiger partial charge on any atom is 0.195 e. The highest BCUT2D eigenvalue weighted by Crippen LogP contribution is 2.43. The lowest BCUT2D eigenvalue weighted by Crippen LogP contribution is -2.49. The number of hydrogen-bond donors (Lipinski definition) is 0. The first-order valence-electron chi connectivity index (χ1n) is 9.46. The van der Waals surface area contributed by atoms with E-state index >= 15 is 0 Å². The SMILES string of the molecule is C[C@H]1[C@@H]([C@H]2O[C@H](O[Si](C)(C)C(C)(C)C)C=CC2=O)[C@@H]2CC=CC[C@H]1O2. The van der Waals surface area contributed by atoms with E-state index in [1.54, 1.807) is 12.2 Å². The molecule has 0 unspecified atom stereocenters. The zero-order valence-corrected chi connectivity index (χ0v) is 17.3. The average molecular weight is 365 g/mol. The summed E-state index contributed by atoms with van der Waals surface area (Å²) >= 11 is 0. The summed E-state index contributed by atoms with van der Waals surface area (Å²) in [5.74, 6) is 0.451. The first-order valence-corrected chi connectivity index (χ1v) is 12.4. The van der Waals surface area contributed by atoms with Crippen LogP contribution in [0.1, 0.15) is 40.5 Å². The molecule has 0 aliphatic carbocycles. The quantitative estimate of drug-likeness (QED) is 0.555. The Morgan fingerprint density at radius 2 is 1.76 bits per heavy atom. The number of carbonyl (C=O) groups excluding carboxylic acids is 1. The summed E-state index contributed by atoms with van der Waals surface area (Å²) in [5.41, 5.74) is 0. The Bertz CT molecular complexity index is 575. The van der Waals surface area contributed by atoms with Crippen molar-refractivity contribution in [2.24, 2.45) is 11.8 Å². The fraction of sp³-hybridized carbons (Fsp3) is 0.750. The first-order chi connectivity index (χ1) is 11.6. The van der Waals surface area contributed by atoms with Gasteiger partial charge in [-0.15, -0.1) is 0 Å². The second kappa shape index (κ2) is 6.76. The molecule has 25 heavy (non-hydrogen) atoms. The van der Waals surface area contributed by atoms with E-state index < -0.39 is 20.7 Å². The lowest BCUT2D eigenvalue weighted by molar-refractivity contribution is -0.157. The number of rotatable bonds is 3. The van der Waals surface area contributed by atoms with Crippen molar-refractivity contribution >= 4 is 14.1 Å². The Kier molecular flexibility index (Phi) is 5.15. The highest BCUT2D eigenvalue weighted by atomic mass is 28.4. The molecule has 0 radical (unpaired) electrons. The Balaban J connectivity index is 1.76. The fourth-order valence-electron chi connectivity index (χ4n) is 3.78. The van der Waals surface area contributed by atoms with E-state index in [0.29, 0.717) is 5.92 Å². The molecule has 0 amide bonds. The summed E-state index contributed by atoms with van der Waals surface area (Å²) in [4.78, 5) is 12.6. The highest BCUT2D eigenvalue weighted by molar-refractivity contribution is 6.74. The monoisotopic (exact) mass is 364 g/mol. The van der Waals surface area contributed by atoms with Gasteiger partial charge in [-0.05, 0) is 49.0 Å². The van der Waals surface area contributed by atoms with Crippen molar-refractivity contribution in [3.05, 3.63) is 24.3 Å². The van der Waals surface area contributed by atoms with Gasteiger partial charge in [0.05, 0.1) is 12.2 Å². The zero-order chi connectivity index (χ0) is 18.4. The molecule has 0 aromatic heterocycles. The molecule has 5 heteroatoms. The van der Waals surface area contributed by atoms with E-state index in [4.69, 9.17) is 13.9 Å². The topological polar surface area (TPSA) is 44.8 Å². The van der Waals surface area contributed by atoms with Gasteiger partial charge in [-0.1, -0.05) is 39.8 Å². The van der Waals surface area contributed by atoms with Crippen LogP contribution in [0.15, 0.2) is 24.3 Å². The minimum atomic E-state index is -1.96. The third-order valence-corrected chi connectivity index (χ3v) is 10.9. The molecule has 6 atom stereocenters. The number of ether oxygens (including phenoxy) is 2. The average Bonchev–Trinajstić information content (AvgIpc) is 2.68. The molecule has 1 fully saturated rings. The molecule has 3 aliphatic rings. The smallest absolute Gasteiger partial charge is 0.195 e. The number of hydrogen-bond acceptors (Lipinski definition) is 4. The van der Waals surface area contributed by atoms with Gasteiger partial charge in [0.2, 0.25) is 0 Å².